The number of carbonyl (C=O) groups excluding carboxylic acids is 1. The van der Waals surface area contributed by atoms with Crippen LogP contribution in [0.5, 0.6) is 0 Å². The highest BCUT2D eigenvalue weighted by Crippen LogP contribution is 2.42. The van der Waals surface area contributed by atoms with Crippen LogP contribution in [0, 0.1) is 0 Å². The van der Waals surface area contributed by atoms with Crippen LogP contribution in [0.25, 0.3) is 11.3 Å². The third-order valence-electron chi connectivity index (χ3n) is 5.96. The van der Waals surface area contributed by atoms with Crippen molar-refractivity contribution in [1.29, 1.82) is 0 Å². The Morgan fingerprint density at radius 1 is 1.03 bits per heavy atom. The molecule has 5 rings (SSSR count). The van der Waals surface area contributed by atoms with Crippen molar-refractivity contribution in [3.8, 4) is 11.3 Å². The molecular weight excluding hydrogens is 505 g/mol. The molecule has 1 amide bonds. The summed E-state index contributed by atoms with van der Waals surface area (Å²) in [6, 6.07) is 23.2. The standard InChI is InChI=1S/C27H20Cl3N3O2/c28-22-11-10-17(13-23(22)29)21-12-18-14-31-26(32-25(18)20-9-5-4-8-19(20)21)33-27(34)35-15-24(30)16-6-2-1-3-7-16/h1-11,13-14,21,24H,12,15H2,(H,31,32,33,34). The van der Waals surface area contributed by atoms with Gasteiger partial charge in [-0.05, 0) is 40.8 Å². The zero-order valence-electron chi connectivity index (χ0n) is 18.4. The molecule has 35 heavy (non-hydrogen) atoms. The molecule has 0 saturated carbocycles. The lowest BCUT2D eigenvalue weighted by Crippen LogP contribution is -2.19. The molecule has 1 aliphatic carbocycles. The van der Waals surface area contributed by atoms with Gasteiger partial charge in [-0.1, -0.05) is 83.9 Å². The number of hydrogen-bond donors (Lipinski definition) is 1. The van der Waals surface area contributed by atoms with Gasteiger partial charge in [-0.25, -0.2) is 14.8 Å². The SMILES string of the molecule is O=C(Nc1ncc2c(n1)-c1ccccc1C(c1ccc(Cl)c(Cl)c1)C2)OCC(Cl)c1ccccc1. The molecule has 0 radical (unpaired) electrons. The second kappa shape index (κ2) is 10.2. The van der Waals surface area contributed by atoms with Crippen LogP contribution in [0.15, 0.2) is 79.0 Å². The summed E-state index contributed by atoms with van der Waals surface area (Å²) in [7, 11) is 0. The third kappa shape index (κ3) is 5.13. The van der Waals surface area contributed by atoms with Crippen molar-refractivity contribution < 1.29 is 9.53 Å². The van der Waals surface area contributed by atoms with Gasteiger partial charge in [-0.15, -0.1) is 11.6 Å². The van der Waals surface area contributed by atoms with Gasteiger partial charge >= 0.3 is 6.09 Å². The summed E-state index contributed by atoms with van der Waals surface area (Å²) in [5, 5.41) is 3.21. The van der Waals surface area contributed by atoms with Gasteiger partial charge in [-0.2, -0.15) is 0 Å². The summed E-state index contributed by atoms with van der Waals surface area (Å²) in [5.41, 5.74) is 5.80. The minimum absolute atomic E-state index is 0.0243. The van der Waals surface area contributed by atoms with Crippen LogP contribution >= 0.6 is 34.8 Å². The van der Waals surface area contributed by atoms with Crippen LogP contribution in [0.1, 0.15) is 33.5 Å². The molecule has 1 aliphatic rings. The molecule has 4 aromatic rings. The number of hydrogen-bond acceptors (Lipinski definition) is 4. The first-order valence-corrected chi connectivity index (χ1v) is 12.2. The predicted octanol–water partition coefficient (Wildman–Crippen LogP) is 7.67. The molecule has 176 valence electrons. The number of amides is 1. The van der Waals surface area contributed by atoms with Gasteiger partial charge in [0.25, 0.3) is 0 Å². The van der Waals surface area contributed by atoms with Crippen LogP contribution < -0.4 is 5.32 Å². The van der Waals surface area contributed by atoms with Crippen LogP contribution in [0.2, 0.25) is 10.0 Å². The molecule has 5 nitrogen and oxygen atoms in total. The lowest BCUT2D eigenvalue weighted by atomic mass is 9.78. The maximum Gasteiger partial charge on any atom is 0.414 e. The number of anilines is 1. The molecule has 1 heterocycles. The number of fused-ring (bicyclic) bond motifs is 3. The fourth-order valence-electron chi connectivity index (χ4n) is 4.26. The van der Waals surface area contributed by atoms with E-state index in [1.54, 1.807) is 6.20 Å². The molecule has 0 saturated heterocycles. The van der Waals surface area contributed by atoms with E-state index in [0.717, 1.165) is 33.5 Å². The average molecular weight is 525 g/mol. The number of halogens is 3. The van der Waals surface area contributed by atoms with E-state index in [0.29, 0.717) is 16.5 Å². The molecule has 0 fully saturated rings. The molecule has 1 N–H and O–H groups in total. The molecule has 0 aliphatic heterocycles. The molecule has 1 aromatic heterocycles. The number of rotatable bonds is 5. The number of ether oxygens (including phenoxy) is 1. The number of nitrogens with zero attached hydrogens (tertiary/aromatic N) is 2. The van der Waals surface area contributed by atoms with Gasteiger partial charge in [0.05, 0.1) is 21.1 Å². The highest BCUT2D eigenvalue weighted by Gasteiger charge is 2.28. The van der Waals surface area contributed by atoms with E-state index in [1.807, 2.05) is 66.7 Å². The Balaban J connectivity index is 1.34. The van der Waals surface area contributed by atoms with E-state index in [2.05, 4.69) is 21.4 Å². The van der Waals surface area contributed by atoms with Crippen LogP contribution in [0.4, 0.5) is 10.7 Å². The van der Waals surface area contributed by atoms with E-state index in [1.165, 1.54) is 0 Å². The Bertz CT molecular complexity index is 1380. The molecule has 0 spiro atoms. The summed E-state index contributed by atoms with van der Waals surface area (Å²) < 4.78 is 5.29. The first kappa shape index (κ1) is 23.6. The van der Waals surface area contributed by atoms with Crippen molar-refractivity contribution in [3.05, 3.63) is 111 Å². The van der Waals surface area contributed by atoms with E-state index in [9.17, 15) is 4.79 Å². The van der Waals surface area contributed by atoms with Gasteiger partial charge in [0.1, 0.15) is 6.61 Å². The maximum absolute atomic E-state index is 12.4. The number of nitrogens with one attached hydrogen (secondary N) is 1. The summed E-state index contributed by atoms with van der Waals surface area (Å²) in [4.78, 5) is 21.3. The summed E-state index contributed by atoms with van der Waals surface area (Å²) in [6.07, 6.45) is 1.77. The van der Waals surface area contributed by atoms with Gasteiger partial charge in [0, 0.05) is 17.7 Å². The van der Waals surface area contributed by atoms with Crippen molar-refractivity contribution in [3.63, 3.8) is 0 Å². The van der Waals surface area contributed by atoms with Crippen molar-refractivity contribution >= 4 is 46.8 Å². The van der Waals surface area contributed by atoms with Crippen LogP contribution in [-0.2, 0) is 11.2 Å². The minimum Gasteiger partial charge on any atom is -0.447 e. The maximum atomic E-state index is 12.4. The molecule has 0 bridgehead atoms. The zero-order valence-corrected chi connectivity index (χ0v) is 20.7. The highest BCUT2D eigenvalue weighted by molar-refractivity contribution is 6.42. The number of benzene rings is 3. The van der Waals surface area contributed by atoms with Gasteiger partial charge in [-0.3, -0.25) is 5.32 Å². The molecule has 3 aromatic carbocycles. The number of aromatic nitrogens is 2. The Kier molecular flexibility index (Phi) is 6.91. The Hall–Kier alpha value is -3.12. The Morgan fingerprint density at radius 2 is 1.80 bits per heavy atom. The summed E-state index contributed by atoms with van der Waals surface area (Å²) >= 11 is 18.8. The van der Waals surface area contributed by atoms with Crippen molar-refractivity contribution in [1.82, 2.24) is 9.97 Å². The summed E-state index contributed by atoms with van der Waals surface area (Å²) in [6.45, 7) is 0.0243. The number of carbonyl (C=O) groups is 1. The van der Waals surface area contributed by atoms with Crippen molar-refractivity contribution in [2.45, 2.75) is 17.7 Å². The van der Waals surface area contributed by atoms with Gasteiger partial charge < -0.3 is 4.74 Å². The predicted molar refractivity (Wildman–Crippen MR) is 139 cm³/mol. The Morgan fingerprint density at radius 3 is 2.60 bits per heavy atom. The summed E-state index contributed by atoms with van der Waals surface area (Å²) in [5.74, 6) is 0.252. The average Bonchev–Trinajstić information content (AvgIpc) is 2.89. The lowest BCUT2D eigenvalue weighted by molar-refractivity contribution is 0.161. The molecular formula is C27H20Cl3N3O2. The highest BCUT2D eigenvalue weighted by atomic mass is 35.5. The van der Waals surface area contributed by atoms with Gasteiger partial charge in [0.2, 0.25) is 5.95 Å². The van der Waals surface area contributed by atoms with Gasteiger partial charge in [0.15, 0.2) is 0 Å². The fraction of sp³-hybridized carbons (Fsp3) is 0.148. The minimum atomic E-state index is -0.663. The smallest absolute Gasteiger partial charge is 0.414 e. The van der Waals surface area contributed by atoms with Crippen molar-refractivity contribution in [2.75, 3.05) is 11.9 Å². The second-order valence-electron chi connectivity index (χ2n) is 8.19. The van der Waals surface area contributed by atoms with E-state index < -0.39 is 11.5 Å². The normalized spacial score (nSPS) is 15.0. The molecule has 2 unspecified atom stereocenters. The second-order valence-corrected chi connectivity index (χ2v) is 9.53. The van der Waals surface area contributed by atoms with Crippen LogP contribution in [0.3, 0.4) is 0 Å². The monoisotopic (exact) mass is 523 g/mol. The third-order valence-corrected chi connectivity index (χ3v) is 7.08. The van der Waals surface area contributed by atoms with E-state index >= 15 is 0 Å². The fourth-order valence-corrected chi connectivity index (χ4v) is 4.77. The number of alkyl halides is 1. The Labute approximate surface area is 218 Å². The first-order chi connectivity index (χ1) is 17.0. The topological polar surface area (TPSA) is 64.1 Å². The van der Waals surface area contributed by atoms with Crippen LogP contribution in [-0.4, -0.2) is 22.7 Å². The van der Waals surface area contributed by atoms with E-state index in [-0.39, 0.29) is 18.5 Å². The quantitative estimate of drug-likeness (QED) is 0.272. The molecule has 2 atom stereocenters. The van der Waals surface area contributed by atoms with E-state index in [4.69, 9.17) is 39.5 Å². The lowest BCUT2D eigenvalue weighted by Gasteiger charge is -2.27. The van der Waals surface area contributed by atoms with Crippen molar-refractivity contribution in [2.24, 2.45) is 0 Å². The first-order valence-electron chi connectivity index (χ1n) is 11.0. The molecule has 8 heteroatoms. The zero-order chi connectivity index (χ0) is 24.4. The largest absolute Gasteiger partial charge is 0.447 e.